The predicted molar refractivity (Wildman–Crippen MR) is 74.5 cm³/mol. The second-order valence-electron chi connectivity index (χ2n) is 3.93. The van der Waals surface area contributed by atoms with Crippen LogP contribution in [0.5, 0.6) is 0 Å². The van der Waals surface area contributed by atoms with Crippen LogP contribution in [0.25, 0.3) is 0 Å². The number of hydrogen-bond donors (Lipinski definition) is 1. The van der Waals surface area contributed by atoms with E-state index in [9.17, 15) is 0 Å². The predicted octanol–water partition coefficient (Wildman–Crippen LogP) is 2.09. The third kappa shape index (κ3) is 3.11. The second kappa shape index (κ2) is 6.56. The maximum absolute atomic E-state index is 5.63. The van der Waals surface area contributed by atoms with Crippen molar-refractivity contribution < 1.29 is 0 Å². The van der Waals surface area contributed by atoms with Crippen LogP contribution in [0, 0.1) is 0 Å². The zero-order valence-electron chi connectivity index (χ0n) is 10.5. The molecule has 0 bridgehead atoms. The lowest BCUT2D eigenvalue weighted by Crippen LogP contribution is -2.08. The minimum Gasteiger partial charge on any atom is -0.324 e. The molecular weight excluding hydrogens is 244 g/mol. The van der Waals surface area contributed by atoms with Crippen LogP contribution in [0.15, 0.2) is 35.5 Å². The first kappa shape index (κ1) is 13.1. The van der Waals surface area contributed by atoms with Gasteiger partial charge in [-0.25, -0.2) is 0 Å². The molecule has 0 aliphatic heterocycles. The molecule has 4 nitrogen and oxygen atoms in total. The second-order valence-corrected chi connectivity index (χ2v) is 4.99. The van der Waals surface area contributed by atoms with Crippen molar-refractivity contribution in [3.63, 3.8) is 0 Å². The van der Waals surface area contributed by atoms with Crippen molar-refractivity contribution in [2.24, 2.45) is 5.73 Å². The molecular formula is C13H18N4S. The van der Waals surface area contributed by atoms with E-state index in [1.54, 1.807) is 11.8 Å². The standard InChI is InChI=1S/C13H18N4S/c1-2-17-12(10-14)15-16-13(17)18-9-8-11-6-4-3-5-7-11/h3-7H,2,8-10,14H2,1H3. The number of aryl methyl sites for hydroxylation is 1. The zero-order valence-corrected chi connectivity index (χ0v) is 11.4. The van der Waals surface area contributed by atoms with E-state index in [-0.39, 0.29) is 0 Å². The van der Waals surface area contributed by atoms with Crippen LogP contribution in [0.1, 0.15) is 18.3 Å². The number of nitrogens with two attached hydrogens (primary N) is 1. The van der Waals surface area contributed by atoms with Gasteiger partial charge in [-0.3, -0.25) is 0 Å². The molecule has 0 amide bonds. The molecule has 1 heterocycles. The minimum absolute atomic E-state index is 0.445. The molecule has 0 aliphatic carbocycles. The van der Waals surface area contributed by atoms with Gasteiger partial charge in [0.2, 0.25) is 0 Å². The quantitative estimate of drug-likeness (QED) is 0.810. The van der Waals surface area contributed by atoms with Gasteiger partial charge >= 0.3 is 0 Å². The highest BCUT2D eigenvalue weighted by atomic mass is 32.2. The summed E-state index contributed by atoms with van der Waals surface area (Å²) in [7, 11) is 0. The number of thioether (sulfide) groups is 1. The van der Waals surface area contributed by atoms with Crippen LogP contribution in [0.2, 0.25) is 0 Å². The molecule has 18 heavy (non-hydrogen) atoms. The molecule has 0 radical (unpaired) electrons. The third-order valence-corrected chi connectivity index (χ3v) is 3.73. The van der Waals surface area contributed by atoms with E-state index in [2.05, 4.69) is 46.0 Å². The van der Waals surface area contributed by atoms with E-state index in [1.165, 1.54) is 5.56 Å². The molecule has 0 fully saturated rings. The molecule has 1 aromatic carbocycles. The van der Waals surface area contributed by atoms with Crippen molar-refractivity contribution in [1.82, 2.24) is 14.8 Å². The molecule has 2 aromatic rings. The van der Waals surface area contributed by atoms with Crippen molar-refractivity contribution in [2.75, 3.05) is 5.75 Å². The molecule has 2 N–H and O–H groups in total. The Hall–Kier alpha value is -1.33. The van der Waals surface area contributed by atoms with Crippen molar-refractivity contribution in [2.45, 2.75) is 31.6 Å². The number of aromatic nitrogens is 3. The lowest BCUT2D eigenvalue weighted by Gasteiger charge is -2.05. The Kier molecular flexibility index (Phi) is 4.78. The molecule has 0 saturated heterocycles. The number of hydrogen-bond acceptors (Lipinski definition) is 4. The van der Waals surface area contributed by atoms with Crippen molar-refractivity contribution in [3.8, 4) is 0 Å². The Labute approximate surface area is 112 Å². The SMILES string of the molecule is CCn1c(CN)nnc1SCCc1ccccc1. The van der Waals surface area contributed by atoms with Crippen molar-refractivity contribution in [1.29, 1.82) is 0 Å². The van der Waals surface area contributed by atoms with Crippen LogP contribution in [-0.4, -0.2) is 20.5 Å². The van der Waals surface area contributed by atoms with E-state index in [1.807, 2.05) is 6.07 Å². The maximum atomic E-state index is 5.63. The lowest BCUT2D eigenvalue weighted by atomic mass is 10.2. The first-order valence-electron chi connectivity index (χ1n) is 6.14. The summed E-state index contributed by atoms with van der Waals surface area (Å²) in [5.41, 5.74) is 6.98. The summed E-state index contributed by atoms with van der Waals surface area (Å²) < 4.78 is 2.08. The highest BCUT2D eigenvalue weighted by Crippen LogP contribution is 2.18. The van der Waals surface area contributed by atoms with Gasteiger partial charge in [-0.05, 0) is 18.9 Å². The first-order valence-corrected chi connectivity index (χ1v) is 7.12. The molecule has 0 saturated carbocycles. The summed E-state index contributed by atoms with van der Waals surface area (Å²) in [4.78, 5) is 0. The molecule has 2 rings (SSSR count). The summed E-state index contributed by atoms with van der Waals surface area (Å²) >= 11 is 1.74. The van der Waals surface area contributed by atoms with Crippen LogP contribution >= 0.6 is 11.8 Å². The fraction of sp³-hybridized carbons (Fsp3) is 0.385. The zero-order chi connectivity index (χ0) is 12.8. The van der Waals surface area contributed by atoms with Crippen LogP contribution in [-0.2, 0) is 19.5 Å². The fourth-order valence-corrected chi connectivity index (χ4v) is 2.81. The number of benzene rings is 1. The number of nitrogens with zero attached hydrogens (tertiary/aromatic N) is 3. The van der Waals surface area contributed by atoms with Gasteiger partial charge < -0.3 is 10.3 Å². The Morgan fingerprint density at radius 2 is 2.00 bits per heavy atom. The van der Waals surface area contributed by atoms with E-state index in [4.69, 9.17) is 5.73 Å². The molecule has 96 valence electrons. The highest BCUT2D eigenvalue weighted by molar-refractivity contribution is 7.99. The Bertz CT molecular complexity index is 481. The molecule has 1 aromatic heterocycles. The Morgan fingerprint density at radius 1 is 1.22 bits per heavy atom. The molecule has 0 spiro atoms. The van der Waals surface area contributed by atoms with Gasteiger partial charge in [0.15, 0.2) is 5.16 Å². The van der Waals surface area contributed by atoms with Gasteiger partial charge in [0, 0.05) is 12.3 Å². The fourth-order valence-electron chi connectivity index (χ4n) is 1.80. The third-order valence-electron chi connectivity index (χ3n) is 2.76. The highest BCUT2D eigenvalue weighted by Gasteiger charge is 2.09. The summed E-state index contributed by atoms with van der Waals surface area (Å²) in [6.07, 6.45) is 1.04. The van der Waals surface area contributed by atoms with E-state index >= 15 is 0 Å². The summed E-state index contributed by atoms with van der Waals surface area (Å²) in [5.74, 6) is 1.87. The van der Waals surface area contributed by atoms with Gasteiger partial charge in [0.05, 0.1) is 6.54 Å². The molecule has 0 aliphatic rings. The van der Waals surface area contributed by atoms with Gasteiger partial charge in [0.25, 0.3) is 0 Å². The van der Waals surface area contributed by atoms with E-state index < -0.39 is 0 Å². The van der Waals surface area contributed by atoms with Gasteiger partial charge in [-0.15, -0.1) is 10.2 Å². The van der Waals surface area contributed by atoms with Gasteiger partial charge in [-0.1, -0.05) is 42.1 Å². The summed E-state index contributed by atoms with van der Waals surface area (Å²) in [5, 5.41) is 9.25. The summed E-state index contributed by atoms with van der Waals surface area (Å²) in [6.45, 7) is 3.40. The average molecular weight is 262 g/mol. The van der Waals surface area contributed by atoms with Gasteiger partial charge in [0.1, 0.15) is 5.82 Å². The van der Waals surface area contributed by atoms with Crippen molar-refractivity contribution in [3.05, 3.63) is 41.7 Å². The normalized spacial score (nSPS) is 10.8. The van der Waals surface area contributed by atoms with Crippen LogP contribution in [0.3, 0.4) is 0 Å². The van der Waals surface area contributed by atoms with Crippen molar-refractivity contribution >= 4 is 11.8 Å². The van der Waals surface area contributed by atoms with E-state index in [0.29, 0.717) is 6.54 Å². The average Bonchev–Trinajstić information content (AvgIpc) is 2.82. The Morgan fingerprint density at radius 3 is 2.67 bits per heavy atom. The number of rotatable bonds is 6. The van der Waals surface area contributed by atoms with Crippen LogP contribution < -0.4 is 5.73 Å². The topological polar surface area (TPSA) is 56.7 Å². The largest absolute Gasteiger partial charge is 0.324 e. The molecule has 5 heteroatoms. The molecule has 0 unspecified atom stereocenters. The first-order chi connectivity index (χ1) is 8.85. The minimum atomic E-state index is 0.445. The maximum Gasteiger partial charge on any atom is 0.191 e. The van der Waals surface area contributed by atoms with E-state index in [0.717, 1.165) is 29.7 Å². The van der Waals surface area contributed by atoms with Gasteiger partial charge in [-0.2, -0.15) is 0 Å². The lowest BCUT2D eigenvalue weighted by molar-refractivity contribution is 0.643. The summed E-state index contributed by atoms with van der Waals surface area (Å²) in [6, 6.07) is 10.5. The van der Waals surface area contributed by atoms with Crippen LogP contribution in [0.4, 0.5) is 0 Å². The monoisotopic (exact) mass is 262 g/mol. The molecule has 0 atom stereocenters. The Balaban J connectivity index is 1.92. The smallest absolute Gasteiger partial charge is 0.191 e.